The molecule has 3 aromatic rings. The molecule has 3 aromatic heterocycles. The summed E-state index contributed by atoms with van der Waals surface area (Å²) >= 11 is 0. The van der Waals surface area contributed by atoms with Crippen molar-refractivity contribution in [1.29, 1.82) is 0 Å². The molecule has 4 N–H and O–H groups in total. The van der Waals surface area contributed by atoms with Gasteiger partial charge in [0.25, 0.3) is 0 Å². The Kier molecular flexibility index (Phi) is 2.75. The summed E-state index contributed by atoms with van der Waals surface area (Å²) in [6, 6.07) is 1.99. The normalized spacial score (nSPS) is 11.0. The minimum Gasteiger partial charge on any atom is -0.369 e. The molecule has 8 heteroatoms. The Labute approximate surface area is 109 Å². The van der Waals surface area contributed by atoms with Crippen LogP contribution < -0.4 is 11.1 Å². The highest BCUT2D eigenvalue weighted by Gasteiger charge is 2.07. The maximum absolute atomic E-state index is 5.65. The zero-order valence-electron chi connectivity index (χ0n) is 10.5. The molecule has 0 aliphatic heterocycles. The predicted molar refractivity (Wildman–Crippen MR) is 71.5 cm³/mol. The van der Waals surface area contributed by atoms with Gasteiger partial charge in [-0.15, -0.1) is 0 Å². The summed E-state index contributed by atoms with van der Waals surface area (Å²) < 4.78 is 1.85. The Morgan fingerprint density at radius 3 is 3.11 bits per heavy atom. The number of hydrogen-bond donors (Lipinski definition) is 3. The Morgan fingerprint density at radius 2 is 2.32 bits per heavy atom. The lowest BCUT2D eigenvalue weighted by Gasteiger charge is -2.07. The smallest absolute Gasteiger partial charge is 0.224 e. The zero-order valence-corrected chi connectivity index (χ0v) is 10.5. The van der Waals surface area contributed by atoms with Crippen molar-refractivity contribution in [1.82, 2.24) is 29.9 Å². The zero-order chi connectivity index (χ0) is 13.2. The minimum atomic E-state index is 0.222. The molecule has 98 valence electrons. The lowest BCUT2D eigenvalue weighted by atomic mass is 10.3. The van der Waals surface area contributed by atoms with E-state index < -0.39 is 0 Å². The minimum absolute atomic E-state index is 0.222. The molecule has 0 unspecified atom stereocenters. The number of nitrogens with two attached hydrogens (primary N) is 1. The largest absolute Gasteiger partial charge is 0.369 e. The van der Waals surface area contributed by atoms with Crippen molar-refractivity contribution >= 4 is 22.8 Å². The Bertz CT molecular complexity index is 698. The van der Waals surface area contributed by atoms with Gasteiger partial charge in [-0.2, -0.15) is 20.2 Å². The fraction of sp³-hybridized carbons (Fsp3) is 0.273. The number of aromatic amines is 1. The van der Waals surface area contributed by atoms with Crippen LogP contribution in [0.4, 0.5) is 11.8 Å². The third-order valence-corrected chi connectivity index (χ3v) is 2.92. The summed E-state index contributed by atoms with van der Waals surface area (Å²) in [5.41, 5.74) is 7.44. The van der Waals surface area contributed by atoms with Crippen LogP contribution in [0.1, 0.15) is 5.69 Å². The molecule has 0 fully saturated rings. The van der Waals surface area contributed by atoms with E-state index in [0.717, 1.165) is 24.0 Å². The lowest BCUT2D eigenvalue weighted by molar-refractivity contribution is 0.711. The fourth-order valence-corrected chi connectivity index (χ4v) is 1.94. The third kappa shape index (κ3) is 2.19. The van der Waals surface area contributed by atoms with E-state index >= 15 is 0 Å². The summed E-state index contributed by atoms with van der Waals surface area (Å²) in [5.74, 6) is 0.915. The lowest BCUT2D eigenvalue weighted by Crippen LogP contribution is -2.10. The van der Waals surface area contributed by atoms with Gasteiger partial charge in [-0.25, -0.2) is 0 Å². The van der Waals surface area contributed by atoms with Crippen molar-refractivity contribution in [3.8, 4) is 0 Å². The molecule has 3 heterocycles. The van der Waals surface area contributed by atoms with E-state index in [4.69, 9.17) is 5.73 Å². The number of aryl methyl sites for hydroxylation is 1. The van der Waals surface area contributed by atoms with E-state index in [2.05, 4.69) is 30.6 Å². The van der Waals surface area contributed by atoms with Crippen LogP contribution >= 0.6 is 0 Å². The monoisotopic (exact) mass is 258 g/mol. The van der Waals surface area contributed by atoms with Gasteiger partial charge in [0.1, 0.15) is 5.82 Å². The van der Waals surface area contributed by atoms with Gasteiger partial charge < -0.3 is 11.1 Å². The van der Waals surface area contributed by atoms with Gasteiger partial charge in [-0.3, -0.25) is 9.78 Å². The molecule has 0 amide bonds. The maximum atomic E-state index is 5.65. The first-order valence-electron chi connectivity index (χ1n) is 5.91. The van der Waals surface area contributed by atoms with Crippen LogP contribution in [-0.2, 0) is 13.5 Å². The summed E-state index contributed by atoms with van der Waals surface area (Å²) in [7, 11) is 1.92. The Morgan fingerprint density at radius 1 is 1.42 bits per heavy atom. The number of nitrogens with zero attached hydrogens (tertiary/aromatic N) is 5. The first-order valence-corrected chi connectivity index (χ1v) is 5.91. The van der Waals surface area contributed by atoms with Gasteiger partial charge in [0, 0.05) is 31.9 Å². The van der Waals surface area contributed by atoms with Crippen molar-refractivity contribution in [3.05, 3.63) is 24.2 Å². The van der Waals surface area contributed by atoms with E-state index in [1.165, 1.54) is 0 Å². The molecule has 8 nitrogen and oxygen atoms in total. The van der Waals surface area contributed by atoms with E-state index in [1.807, 2.05) is 17.8 Å². The maximum Gasteiger partial charge on any atom is 0.224 e. The highest BCUT2D eigenvalue weighted by atomic mass is 15.3. The number of hydrogen-bond acceptors (Lipinski definition) is 6. The molecule has 0 saturated heterocycles. The van der Waals surface area contributed by atoms with Gasteiger partial charge in [0.15, 0.2) is 5.65 Å². The highest BCUT2D eigenvalue weighted by molar-refractivity contribution is 5.86. The van der Waals surface area contributed by atoms with Crippen molar-refractivity contribution in [2.45, 2.75) is 6.42 Å². The molecule has 19 heavy (non-hydrogen) atoms. The number of nitrogen functional groups attached to an aromatic ring is 1. The standard InChI is InChI=1S/C11H14N8/c1-19-7(3-5-15-19)2-4-13-9-8-6-14-18-10(8)17-11(12)16-9/h3,5-6H,2,4H2,1H3,(H4,12,13,14,16,17,18). The van der Waals surface area contributed by atoms with E-state index in [1.54, 1.807) is 12.4 Å². The van der Waals surface area contributed by atoms with Crippen LogP contribution in [0.25, 0.3) is 11.0 Å². The molecule has 0 spiro atoms. The van der Waals surface area contributed by atoms with Gasteiger partial charge >= 0.3 is 0 Å². The summed E-state index contributed by atoms with van der Waals surface area (Å²) in [6.07, 6.45) is 4.31. The summed E-state index contributed by atoms with van der Waals surface area (Å²) in [5, 5.41) is 14.9. The second kappa shape index (κ2) is 4.56. The number of aromatic nitrogens is 6. The van der Waals surface area contributed by atoms with Crippen LogP contribution in [0.3, 0.4) is 0 Å². The molecular formula is C11H14N8. The summed E-state index contributed by atoms with van der Waals surface area (Å²) in [4.78, 5) is 8.25. The van der Waals surface area contributed by atoms with Gasteiger partial charge in [-0.1, -0.05) is 0 Å². The van der Waals surface area contributed by atoms with Crippen LogP contribution in [-0.4, -0.2) is 36.5 Å². The molecule has 0 saturated carbocycles. The van der Waals surface area contributed by atoms with Gasteiger partial charge in [0.2, 0.25) is 5.95 Å². The molecule has 0 aliphatic carbocycles. The van der Waals surface area contributed by atoms with E-state index in [9.17, 15) is 0 Å². The first kappa shape index (κ1) is 11.5. The van der Waals surface area contributed by atoms with Crippen LogP contribution in [0.5, 0.6) is 0 Å². The molecular weight excluding hydrogens is 244 g/mol. The third-order valence-electron chi connectivity index (χ3n) is 2.92. The van der Waals surface area contributed by atoms with Crippen LogP contribution in [0, 0.1) is 0 Å². The fourth-order valence-electron chi connectivity index (χ4n) is 1.94. The van der Waals surface area contributed by atoms with Crippen molar-refractivity contribution < 1.29 is 0 Å². The van der Waals surface area contributed by atoms with Crippen molar-refractivity contribution in [2.75, 3.05) is 17.6 Å². The van der Waals surface area contributed by atoms with Gasteiger partial charge in [0.05, 0.1) is 11.6 Å². The second-order valence-electron chi connectivity index (χ2n) is 4.19. The number of nitrogens with one attached hydrogen (secondary N) is 2. The van der Waals surface area contributed by atoms with Gasteiger partial charge in [-0.05, 0) is 6.07 Å². The van der Waals surface area contributed by atoms with E-state index in [-0.39, 0.29) is 5.95 Å². The highest BCUT2D eigenvalue weighted by Crippen LogP contribution is 2.18. The molecule has 0 atom stereocenters. The number of rotatable bonds is 4. The van der Waals surface area contributed by atoms with Crippen LogP contribution in [0.15, 0.2) is 18.5 Å². The average molecular weight is 258 g/mol. The molecule has 3 rings (SSSR count). The predicted octanol–water partition coefficient (Wildman–Crippen LogP) is 0.323. The topological polar surface area (TPSA) is 110 Å². The first-order chi connectivity index (χ1) is 9.24. The average Bonchev–Trinajstić information content (AvgIpc) is 2.98. The number of anilines is 2. The Hall–Kier alpha value is -2.64. The van der Waals surface area contributed by atoms with E-state index in [0.29, 0.717) is 11.5 Å². The number of H-pyrrole nitrogens is 1. The molecule has 0 aromatic carbocycles. The van der Waals surface area contributed by atoms with Crippen molar-refractivity contribution in [3.63, 3.8) is 0 Å². The number of fused-ring (bicyclic) bond motifs is 1. The SMILES string of the molecule is Cn1nccc1CCNc1nc(N)nc2[nH]ncc12. The van der Waals surface area contributed by atoms with Crippen LogP contribution in [0.2, 0.25) is 0 Å². The summed E-state index contributed by atoms with van der Waals surface area (Å²) in [6.45, 7) is 0.732. The second-order valence-corrected chi connectivity index (χ2v) is 4.19. The quantitative estimate of drug-likeness (QED) is 0.621. The molecule has 0 aliphatic rings. The Balaban J connectivity index is 1.75. The molecule has 0 bridgehead atoms. The van der Waals surface area contributed by atoms with Crippen molar-refractivity contribution in [2.24, 2.45) is 7.05 Å². The molecule has 0 radical (unpaired) electrons.